The molecule has 0 bridgehead atoms. The van der Waals surface area contributed by atoms with Crippen LogP contribution < -0.4 is 5.73 Å². The zero-order valence-electron chi connectivity index (χ0n) is 9.68. The maximum atomic E-state index is 12.4. The summed E-state index contributed by atoms with van der Waals surface area (Å²) >= 11 is 11.8. The zero-order chi connectivity index (χ0) is 14.0. The molecule has 0 unspecified atom stereocenters. The number of sulfone groups is 1. The van der Waals surface area contributed by atoms with Gasteiger partial charge < -0.3 is 5.73 Å². The van der Waals surface area contributed by atoms with Crippen molar-refractivity contribution in [3.8, 4) is 0 Å². The molecule has 2 N–H and O–H groups in total. The highest BCUT2D eigenvalue weighted by Gasteiger charge is 2.22. The van der Waals surface area contributed by atoms with Crippen LogP contribution in [0.2, 0.25) is 10.0 Å². The van der Waals surface area contributed by atoms with E-state index < -0.39 is 9.84 Å². The van der Waals surface area contributed by atoms with Gasteiger partial charge in [0.1, 0.15) is 4.90 Å². The van der Waals surface area contributed by atoms with Crippen molar-refractivity contribution in [2.24, 2.45) is 0 Å². The molecule has 1 aromatic carbocycles. The van der Waals surface area contributed by atoms with Crippen LogP contribution in [0.15, 0.2) is 41.6 Å². The average Bonchev–Trinajstić information content (AvgIpc) is 2.31. The van der Waals surface area contributed by atoms with Gasteiger partial charge in [0.2, 0.25) is 0 Å². The third kappa shape index (κ3) is 3.00. The lowest BCUT2D eigenvalue weighted by atomic mass is 10.3. The summed E-state index contributed by atoms with van der Waals surface area (Å²) in [6.45, 7) is 0. The van der Waals surface area contributed by atoms with Gasteiger partial charge in [-0.25, -0.2) is 8.42 Å². The van der Waals surface area contributed by atoms with Crippen molar-refractivity contribution in [1.82, 2.24) is 4.98 Å². The Hall–Kier alpha value is -1.30. The Kier molecular flexibility index (Phi) is 3.99. The molecule has 0 spiro atoms. The second-order valence-corrected chi connectivity index (χ2v) is 6.63. The molecule has 4 nitrogen and oxygen atoms in total. The fraction of sp³-hybridized carbons (Fsp3) is 0.0833. The number of nitrogens with zero attached hydrogens (tertiary/aromatic N) is 1. The normalized spacial score (nSPS) is 11.5. The minimum atomic E-state index is -3.67. The molecule has 100 valence electrons. The number of hydrogen-bond donors (Lipinski definition) is 1. The van der Waals surface area contributed by atoms with Gasteiger partial charge in [0, 0.05) is 12.4 Å². The van der Waals surface area contributed by atoms with Gasteiger partial charge in [0.25, 0.3) is 0 Å². The van der Waals surface area contributed by atoms with Crippen molar-refractivity contribution in [2.45, 2.75) is 10.6 Å². The molecule has 0 amide bonds. The summed E-state index contributed by atoms with van der Waals surface area (Å²) in [6, 6.07) is 6.12. The second-order valence-electron chi connectivity index (χ2n) is 3.88. The summed E-state index contributed by atoms with van der Waals surface area (Å²) in [7, 11) is -3.67. The van der Waals surface area contributed by atoms with E-state index in [1.54, 1.807) is 12.1 Å². The predicted molar refractivity (Wildman–Crippen MR) is 76.0 cm³/mol. The quantitative estimate of drug-likeness (QED) is 0.883. The molecule has 2 aromatic rings. The van der Waals surface area contributed by atoms with Crippen LogP contribution in [-0.4, -0.2) is 13.4 Å². The topological polar surface area (TPSA) is 73.1 Å². The van der Waals surface area contributed by atoms with Crippen molar-refractivity contribution in [2.75, 3.05) is 5.73 Å². The van der Waals surface area contributed by atoms with Crippen molar-refractivity contribution in [1.29, 1.82) is 0 Å². The highest BCUT2D eigenvalue weighted by Crippen LogP contribution is 2.30. The lowest BCUT2D eigenvalue weighted by molar-refractivity contribution is 0.595. The molecule has 0 saturated heterocycles. The Morgan fingerprint density at radius 3 is 2.53 bits per heavy atom. The van der Waals surface area contributed by atoms with Crippen molar-refractivity contribution < 1.29 is 8.42 Å². The van der Waals surface area contributed by atoms with Crippen molar-refractivity contribution in [3.05, 3.63) is 52.3 Å². The number of hydrogen-bond acceptors (Lipinski definition) is 4. The molecule has 7 heteroatoms. The third-order valence-electron chi connectivity index (χ3n) is 2.51. The molecule has 0 aliphatic heterocycles. The van der Waals surface area contributed by atoms with E-state index in [4.69, 9.17) is 28.9 Å². The summed E-state index contributed by atoms with van der Waals surface area (Å²) in [6.07, 6.45) is 2.87. The first-order valence-corrected chi connectivity index (χ1v) is 7.68. The summed E-state index contributed by atoms with van der Waals surface area (Å²) in [5.74, 6) is -0.276. The molecule has 0 aliphatic carbocycles. The standard InChI is InChI=1S/C12H10Cl2N2O2S/c13-9-2-1-3-11(15)12(9)19(17,18)7-8-4-5-16-6-10(8)14/h1-6H,7,15H2. The number of pyridine rings is 1. The molecule has 2 rings (SSSR count). The van der Waals surface area contributed by atoms with Gasteiger partial charge >= 0.3 is 0 Å². The number of anilines is 1. The van der Waals surface area contributed by atoms with Crippen LogP contribution in [0.3, 0.4) is 0 Å². The number of aromatic nitrogens is 1. The number of nitrogens with two attached hydrogens (primary N) is 1. The Bertz CT molecular complexity index is 697. The van der Waals surface area contributed by atoms with Gasteiger partial charge in [-0.2, -0.15) is 0 Å². The van der Waals surface area contributed by atoms with Gasteiger partial charge in [-0.15, -0.1) is 0 Å². The first-order valence-electron chi connectivity index (χ1n) is 5.27. The van der Waals surface area contributed by atoms with Crippen LogP contribution >= 0.6 is 23.2 Å². The van der Waals surface area contributed by atoms with Gasteiger partial charge in [-0.05, 0) is 23.8 Å². The van der Waals surface area contributed by atoms with Crippen molar-refractivity contribution >= 4 is 38.7 Å². The smallest absolute Gasteiger partial charge is 0.186 e. The highest BCUT2D eigenvalue weighted by atomic mass is 35.5. The van der Waals surface area contributed by atoms with Crippen LogP contribution in [0, 0.1) is 0 Å². The fourth-order valence-electron chi connectivity index (χ4n) is 1.65. The first-order chi connectivity index (χ1) is 8.92. The van der Waals surface area contributed by atoms with Crippen LogP contribution in [0.5, 0.6) is 0 Å². The van der Waals surface area contributed by atoms with E-state index in [0.29, 0.717) is 5.56 Å². The molecular weight excluding hydrogens is 307 g/mol. The largest absolute Gasteiger partial charge is 0.398 e. The number of halogens is 2. The van der Waals surface area contributed by atoms with Gasteiger partial charge in [-0.1, -0.05) is 29.3 Å². The summed E-state index contributed by atoms with van der Waals surface area (Å²) in [5.41, 5.74) is 6.27. The van der Waals surface area contributed by atoms with E-state index >= 15 is 0 Å². The molecule has 0 atom stereocenters. The number of benzene rings is 1. The molecule has 1 aromatic heterocycles. The third-order valence-corrected chi connectivity index (χ3v) is 5.05. The molecule has 1 heterocycles. The SMILES string of the molecule is Nc1cccc(Cl)c1S(=O)(=O)Cc1ccncc1Cl. The zero-order valence-corrected chi connectivity index (χ0v) is 12.0. The summed E-state index contributed by atoms with van der Waals surface area (Å²) < 4.78 is 24.7. The second kappa shape index (κ2) is 5.36. The summed E-state index contributed by atoms with van der Waals surface area (Å²) in [5, 5.41) is 0.391. The first kappa shape index (κ1) is 14.1. The lowest BCUT2D eigenvalue weighted by Gasteiger charge is -2.10. The fourth-order valence-corrected chi connectivity index (χ4v) is 4.05. The van der Waals surface area contributed by atoms with Gasteiger partial charge in [0.15, 0.2) is 9.84 Å². The molecule has 19 heavy (non-hydrogen) atoms. The minimum absolute atomic E-state index is 0.0652. The van der Waals surface area contributed by atoms with Gasteiger partial charge in [-0.3, -0.25) is 4.98 Å². The van der Waals surface area contributed by atoms with E-state index in [2.05, 4.69) is 4.98 Å². The molecular formula is C12H10Cl2N2O2S. The van der Waals surface area contributed by atoms with Crippen LogP contribution in [0.4, 0.5) is 5.69 Å². The minimum Gasteiger partial charge on any atom is -0.398 e. The van der Waals surface area contributed by atoms with E-state index in [0.717, 1.165) is 0 Å². The monoisotopic (exact) mass is 316 g/mol. The molecule has 0 aliphatic rings. The number of rotatable bonds is 3. The maximum absolute atomic E-state index is 12.4. The van der Waals surface area contributed by atoms with E-state index in [-0.39, 0.29) is 26.4 Å². The lowest BCUT2D eigenvalue weighted by Crippen LogP contribution is -2.09. The maximum Gasteiger partial charge on any atom is 0.186 e. The van der Waals surface area contributed by atoms with E-state index in [1.165, 1.54) is 24.5 Å². The Morgan fingerprint density at radius 2 is 1.89 bits per heavy atom. The van der Waals surface area contributed by atoms with Crippen LogP contribution in [0.1, 0.15) is 5.56 Å². The van der Waals surface area contributed by atoms with Crippen LogP contribution in [0.25, 0.3) is 0 Å². The van der Waals surface area contributed by atoms with Crippen molar-refractivity contribution in [3.63, 3.8) is 0 Å². The van der Waals surface area contributed by atoms with Gasteiger partial charge in [0.05, 0.1) is 21.5 Å². The molecule has 0 radical (unpaired) electrons. The summed E-state index contributed by atoms with van der Waals surface area (Å²) in [4.78, 5) is 3.74. The Balaban J connectivity index is 2.47. The van der Waals surface area contributed by atoms with E-state index in [9.17, 15) is 8.42 Å². The molecule has 0 fully saturated rings. The predicted octanol–water partition coefficient (Wildman–Crippen LogP) is 2.94. The van der Waals surface area contributed by atoms with Crippen LogP contribution in [-0.2, 0) is 15.6 Å². The number of nitrogen functional groups attached to an aromatic ring is 1. The highest BCUT2D eigenvalue weighted by molar-refractivity contribution is 7.91. The molecule has 0 saturated carbocycles. The Labute approximate surface area is 121 Å². The Morgan fingerprint density at radius 1 is 1.16 bits per heavy atom. The average molecular weight is 317 g/mol. The van der Waals surface area contributed by atoms with E-state index in [1.807, 2.05) is 0 Å².